The van der Waals surface area contributed by atoms with Crippen LogP contribution >= 0.6 is 0 Å². The van der Waals surface area contributed by atoms with Crippen molar-refractivity contribution in [1.29, 1.82) is 0 Å². The third-order valence-corrected chi connectivity index (χ3v) is 4.65. The highest BCUT2D eigenvalue weighted by Gasteiger charge is 2.41. The van der Waals surface area contributed by atoms with E-state index in [-0.39, 0.29) is 17.0 Å². The van der Waals surface area contributed by atoms with E-state index in [1.165, 1.54) is 0 Å². The van der Waals surface area contributed by atoms with Gasteiger partial charge < -0.3 is 9.26 Å². The van der Waals surface area contributed by atoms with Crippen molar-refractivity contribution in [3.05, 3.63) is 77.6 Å². The summed E-state index contributed by atoms with van der Waals surface area (Å²) in [6.07, 6.45) is -3.63. The Labute approximate surface area is 174 Å². The van der Waals surface area contributed by atoms with Gasteiger partial charge in [0.25, 0.3) is 0 Å². The molecule has 2 heterocycles. The Morgan fingerprint density at radius 1 is 1.06 bits per heavy atom. The molecule has 0 amide bonds. The van der Waals surface area contributed by atoms with Gasteiger partial charge in [0.05, 0.1) is 18.4 Å². The molecular weight excluding hydrogens is 411 g/mol. The fraction of sp³-hybridized carbons (Fsp3) is 0.136. The van der Waals surface area contributed by atoms with Crippen molar-refractivity contribution < 1.29 is 27.2 Å². The van der Waals surface area contributed by atoms with Crippen molar-refractivity contribution in [2.45, 2.75) is 13.1 Å². The molecule has 2 aromatic heterocycles. The van der Waals surface area contributed by atoms with Crippen molar-refractivity contribution >= 4 is 5.97 Å². The Hall–Kier alpha value is -3.88. The third-order valence-electron chi connectivity index (χ3n) is 4.65. The predicted octanol–water partition coefficient (Wildman–Crippen LogP) is 5.31. The van der Waals surface area contributed by atoms with Gasteiger partial charge in [0, 0.05) is 11.8 Å². The highest BCUT2D eigenvalue weighted by Crippen LogP contribution is 2.40. The number of esters is 1. The van der Waals surface area contributed by atoms with Crippen LogP contribution in [0.1, 0.15) is 21.6 Å². The standard InChI is InChI=1S/C22H16F3N3O3/c1-13-8-10-15(11-9-13)28-12-16(20(26-28)22(23,24)25)19-17(21(29)30-2)18(27-31-19)14-6-4-3-5-7-14/h3-12H,1-2H3. The molecule has 9 heteroatoms. The average molecular weight is 427 g/mol. The van der Waals surface area contributed by atoms with Crippen LogP contribution in [0, 0.1) is 6.92 Å². The van der Waals surface area contributed by atoms with Gasteiger partial charge in [0.15, 0.2) is 11.5 Å². The smallest absolute Gasteiger partial charge is 0.435 e. The molecule has 158 valence electrons. The number of carbonyl (C=O) groups is 1. The molecule has 0 N–H and O–H groups in total. The van der Waals surface area contributed by atoms with Gasteiger partial charge in [-0.3, -0.25) is 0 Å². The van der Waals surface area contributed by atoms with E-state index >= 15 is 0 Å². The number of benzene rings is 2. The first kappa shape index (κ1) is 20.4. The average Bonchev–Trinajstić information content (AvgIpc) is 3.39. The molecule has 0 atom stereocenters. The Kier molecular flexibility index (Phi) is 5.10. The van der Waals surface area contributed by atoms with Crippen LogP contribution in [0.25, 0.3) is 28.3 Å². The summed E-state index contributed by atoms with van der Waals surface area (Å²) in [5.41, 5.74) is 0.128. The molecule has 0 saturated carbocycles. The number of nitrogens with zero attached hydrogens (tertiary/aromatic N) is 3. The molecule has 0 bridgehead atoms. The number of ether oxygens (including phenoxy) is 1. The van der Waals surface area contributed by atoms with E-state index in [1.54, 1.807) is 54.6 Å². The minimum absolute atomic E-state index is 0.0821. The van der Waals surface area contributed by atoms with E-state index in [2.05, 4.69) is 10.3 Å². The lowest BCUT2D eigenvalue weighted by Crippen LogP contribution is -2.09. The molecule has 0 spiro atoms. The minimum Gasteiger partial charge on any atom is -0.465 e. The van der Waals surface area contributed by atoms with Gasteiger partial charge >= 0.3 is 12.1 Å². The summed E-state index contributed by atoms with van der Waals surface area (Å²) in [6, 6.07) is 15.3. The van der Waals surface area contributed by atoms with E-state index in [4.69, 9.17) is 9.26 Å². The lowest BCUT2D eigenvalue weighted by atomic mass is 10.0. The SMILES string of the molecule is COC(=O)c1c(-c2ccccc2)noc1-c1cn(-c2ccc(C)cc2)nc1C(F)(F)F. The van der Waals surface area contributed by atoms with Crippen molar-refractivity contribution in [3.8, 4) is 28.3 Å². The molecule has 0 aliphatic carbocycles. The fourth-order valence-corrected chi connectivity index (χ4v) is 3.14. The topological polar surface area (TPSA) is 70.2 Å². The van der Waals surface area contributed by atoms with Crippen LogP contribution in [0.4, 0.5) is 13.2 Å². The van der Waals surface area contributed by atoms with E-state index in [0.717, 1.165) is 23.6 Å². The van der Waals surface area contributed by atoms with Gasteiger partial charge in [0.2, 0.25) is 0 Å². The molecule has 2 aromatic carbocycles. The maximum Gasteiger partial charge on any atom is 0.435 e. The van der Waals surface area contributed by atoms with E-state index < -0.39 is 23.4 Å². The second kappa shape index (κ2) is 7.75. The van der Waals surface area contributed by atoms with Gasteiger partial charge in [-0.2, -0.15) is 18.3 Å². The first-order valence-electron chi connectivity index (χ1n) is 9.17. The third kappa shape index (κ3) is 3.81. The predicted molar refractivity (Wildman–Crippen MR) is 106 cm³/mol. The molecule has 0 radical (unpaired) electrons. The number of rotatable bonds is 4. The number of methoxy groups -OCH3 is 1. The largest absolute Gasteiger partial charge is 0.465 e. The Morgan fingerprint density at radius 3 is 2.35 bits per heavy atom. The van der Waals surface area contributed by atoms with Crippen molar-refractivity contribution in [3.63, 3.8) is 0 Å². The lowest BCUT2D eigenvalue weighted by Gasteiger charge is -2.05. The van der Waals surface area contributed by atoms with Crippen LogP contribution in [-0.2, 0) is 10.9 Å². The van der Waals surface area contributed by atoms with Crippen LogP contribution in [0.5, 0.6) is 0 Å². The van der Waals surface area contributed by atoms with Crippen LogP contribution < -0.4 is 0 Å². The first-order valence-corrected chi connectivity index (χ1v) is 9.17. The molecule has 0 aliphatic heterocycles. The minimum atomic E-state index is -4.79. The Balaban J connectivity index is 1.94. The number of hydrogen-bond donors (Lipinski definition) is 0. The normalized spacial score (nSPS) is 11.5. The monoisotopic (exact) mass is 427 g/mol. The molecule has 4 rings (SSSR count). The second-order valence-corrected chi connectivity index (χ2v) is 6.76. The zero-order chi connectivity index (χ0) is 22.2. The lowest BCUT2D eigenvalue weighted by molar-refractivity contribution is -0.140. The van der Waals surface area contributed by atoms with E-state index in [0.29, 0.717) is 11.3 Å². The van der Waals surface area contributed by atoms with Gasteiger partial charge in [-0.25, -0.2) is 9.48 Å². The molecule has 4 aromatic rings. The number of aryl methyl sites for hydroxylation is 1. The maximum atomic E-state index is 13.8. The van der Waals surface area contributed by atoms with Gasteiger partial charge in [-0.05, 0) is 19.1 Å². The highest BCUT2D eigenvalue weighted by molar-refractivity contribution is 6.01. The maximum absolute atomic E-state index is 13.8. The van der Waals surface area contributed by atoms with Gasteiger partial charge in [-0.1, -0.05) is 53.2 Å². The number of aromatic nitrogens is 3. The van der Waals surface area contributed by atoms with Gasteiger partial charge in [-0.15, -0.1) is 0 Å². The summed E-state index contributed by atoms with van der Waals surface area (Å²) < 4.78 is 52.6. The Morgan fingerprint density at radius 2 is 1.74 bits per heavy atom. The summed E-state index contributed by atoms with van der Waals surface area (Å²) in [6.45, 7) is 1.86. The van der Waals surface area contributed by atoms with Crippen molar-refractivity contribution in [2.24, 2.45) is 0 Å². The first-order chi connectivity index (χ1) is 14.8. The van der Waals surface area contributed by atoms with Crippen molar-refractivity contribution in [2.75, 3.05) is 7.11 Å². The fourth-order valence-electron chi connectivity index (χ4n) is 3.14. The van der Waals surface area contributed by atoms with Crippen LogP contribution in [0.15, 0.2) is 65.3 Å². The molecule has 0 fully saturated rings. The summed E-state index contributed by atoms with van der Waals surface area (Å²) >= 11 is 0. The molecule has 31 heavy (non-hydrogen) atoms. The van der Waals surface area contributed by atoms with Gasteiger partial charge in [0.1, 0.15) is 11.3 Å². The van der Waals surface area contributed by atoms with Crippen LogP contribution in [-0.4, -0.2) is 28.0 Å². The second-order valence-electron chi connectivity index (χ2n) is 6.76. The Bertz CT molecular complexity index is 1230. The van der Waals surface area contributed by atoms with E-state index in [9.17, 15) is 18.0 Å². The van der Waals surface area contributed by atoms with Crippen LogP contribution in [0.3, 0.4) is 0 Å². The molecule has 0 aliphatic rings. The summed E-state index contributed by atoms with van der Waals surface area (Å²) in [4.78, 5) is 12.5. The zero-order valence-corrected chi connectivity index (χ0v) is 16.5. The number of alkyl halides is 3. The number of halogens is 3. The molecule has 0 saturated heterocycles. The molecular formula is C22H16F3N3O3. The van der Waals surface area contributed by atoms with Crippen molar-refractivity contribution in [1.82, 2.24) is 14.9 Å². The summed E-state index contributed by atoms with van der Waals surface area (Å²) in [5, 5.41) is 7.59. The summed E-state index contributed by atoms with van der Waals surface area (Å²) in [7, 11) is 1.13. The number of carbonyl (C=O) groups excluding carboxylic acids is 1. The van der Waals surface area contributed by atoms with Crippen LogP contribution in [0.2, 0.25) is 0 Å². The zero-order valence-electron chi connectivity index (χ0n) is 16.5. The number of hydrogen-bond acceptors (Lipinski definition) is 5. The molecule has 0 unspecified atom stereocenters. The highest BCUT2D eigenvalue weighted by atomic mass is 19.4. The summed E-state index contributed by atoms with van der Waals surface area (Å²) in [5.74, 6) is -1.23. The van der Waals surface area contributed by atoms with E-state index in [1.807, 2.05) is 6.92 Å². The quantitative estimate of drug-likeness (QED) is 0.413. The molecule has 6 nitrogen and oxygen atoms in total.